The molecule has 0 fully saturated rings. The molecule has 0 heterocycles. The van der Waals surface area contributed by atoms with Crippen LogP contribution in [-0.4, -0.2) is 13.3 Å². The van der Waals surface area contributed by atoms with Crippen LogP contribution in [0.3, 0.4) is 0 Å². The number of benzene rings is 1. The Morgan fingerprint density at radius 3 is 2.83 bits per heavy atom. The summed E-state index contributed by atoms with van der Waals surface area (Å²) in [6.45, 7) is -0.116. The summed E-state index contributed by atoms with van der Waals surface area (Å²) in [5, 5.41) is 0. The van der Waals surface area contributed by atoms with Gasteiger partial charge in [0.05, 0.1) is 13.3 Å². The Balaban J connectivity index is 2.41. The van der Waals surface area contributed by atoms with E-state index in [1.54, 1.807) is 12.1 Å². The van der Waals surface area contributed by atoms with E-state index in [0.717, 1.165) is 0 Å². The molecule has 0 aliphatic rings. The van der Waals surface area contributed by atoms with E-state index < -0.39 is 6.67 Å². The molecule has 0 saturated heterocycles. The van der Waals surface area contributed by atoms with Crippen molar-refractivity contribution >= 4 is 0 Å². The predicted octanol–water partition coefficient (Wildman–Crippen LogP) is 2.56. The fourth-order valence-electron chi connectivity index (χ4n) is 0.801. The van der Waals surface area contributed by atoms with Crippen molar-refractivity contribution in [1.82, 2.24) is 0 Å². The quantitative estimate of drug-likeness (QED) is 0.634. The second-order valence-electron chi connectivity index (χ2n) is 2.35. The fraction of sp³-hybridized carbons (Fsp3) is 0.333. The molecule has 66 valence electrons. The van der Waals surface area contributed by atoms with Gasteiger partial charge in [0.2, 0.25) is 0 Å². The average molecular weight is 172 g/mol. The van der Waals surface area contributed by atoms with Crippen molar-refractivity contribution in [2.75, 3.05) is 13.3 Å². The lowest BCUT2D eigenvalue weighted by Crippen LogP contribution is -1.97. The van der Waals surface area contributed by atoms with Gasteiger partial charge < -0.3 is 4.74 Å². The lowest BCUT2D eigenvalue weighted by atomic mass is 10.3. The van der Waals surface area contributed by atoms with Gasteiger partial charge in [-0.15, -0.1) is 0 Å². The zero-order chi connectivity index (χ0) is 8.81. The minimum Gasteiger partial charge on any atom is -0.493 e. The number of hydrogen-bond acceptors (Lipinski definition) is 1. The lowest BCUT2D eigenvalue weighted by Gasteiger charge is -2.03. The highest BCUT2D eigenvalue weighted by molar-refractivity contribution is 5.22. The zero-order valence-corrected chi connectivity index (χ0v) is 6.59. The SMILES string of the molecule is FCCCOc1cccc(F)c1. The summed E-state index contributed by atoms with van der Waals surface area (Å²) >= 11 is 0. The standard InChI is InChI=1S/C9H10F2O/c10-5-2-6-12-9-4-1-3-8(11)7-9/h1,3-4,7H,2,5-6H2. The van der Waals surface area contributed by atoms with Gasteiger partial charge in [-0.25, -0.2) is 4.39 Å². The normalized spacial score (nSPS) is 9.83. The van der Waals surface area contributed by atoms with Gasteiger partial charge >= 0.3 is 0 Å². The van der Waals surface area contributed by atoms with Crippen LogP contribution in [0.2, 0.25) is 0 Å². The molecule has 1 nitrogen and oxygen atoms in total. The van der Waals surface area contributed by atoms with Crippen molar-refractivity contribution in [2.24, 2.45) is 0 Å². The molecular formula is C9H10F2O. The third-order valence-electron chi connectivity index (χ3n) is 1.34. The molecule has 3 heteroatoms. The molecule has 1 aromatic rings. The first-order valence-corrected chi connectivity index (χ1v) is 3.77. The van der Waals surface area contributed by atoms with E-state index in [-0.39, 0.29) is 5.82 Å². The van der Waals surface area contributed by atoms with Crippen LogP contribution in [0.4, 0.5) is 8.78 Å². The van der Waals surface area contributed by atoms with Crippen molar-refractivity contribution in [3.8, 4) is 5.75 Å². The maximum atomic E-state index is 12.5. The van der Waals surface area contributed by atoms with E-state index in [1.807, 2.05) is 0 Å². The maximum Gasteiger partial charge on any atom is 0.126 e. The van der Waals surface area contributed by atoms with E-state index in [2.05, 4.69) is 0 Å². The molecular weight excluding hydrogens is 162 g/mol. The van der Waals surface area contributed by atoms with Crippen LogP contribution in [-0.2, 0) is 0 Å². The molecule has 0 amide bonds. The van der Waals surface area contributed by atoms with E-state index in [1.165, 1.54) is 12.1 Å². The molecule has 0 N–H and O–H groups in total. The van der Waals surface area contributed by atoms with Crippen molar-refractivity contribution in [1.29, 1.82) is 0 Å². The van der Waals surface area contributed by atoms with Crippen LogP contribution in [0.5, 0.6) is 5.75 Å². The van der Waals surface area contributed by atoms with Gasteiger partial charge in [0.1, 0.15) is 11.6 Å². The Hall–Kier alpha value is -1.12. The van der Waals surface area contributed by atoms with Gasteiger partial charge in [-0.1, -0.05) is 6.07 Å². The Labute approximate surface area is 70.0 Å². The summed E-state index contributed by atoms with van der Waals surface area (Å²) in [6, 6.07) is 5.81. The van der Waals surface area contributed by atoms with Crippen LogP contribution in [0.1, 0.15) is 6.42 Å². The molecule has 0 aliphatic heterocycles. The molecule has 0 spiro atoms. The van der Waals surface area contributed by atoms with Gasteiger partial charge in [-0.3, -0.25) is 4.39 Å². The van der Waals surface area contributed by atoms with Crippen LogP contribution >= 0.6 is 0 Å². The highest BCUT2D eigenvalue weighted by atomic mass is 19.1. The summed E-state index contributed by atoms with van der Waals surface area (Å²) in [5.41, 5.74) is 0. The summed E-state index contributed by atoms with van der Waals surface area (Å²) in [5.74, 6) is 0.108. The minimum absolute atomic E-state index is 0.292. The maximum absolute atomic E-state index is 12.5. The Kier molecular flexibility index (Phi) is 3.51. The summed E-state index contributed by atoms with van der Waals surface area (Å²) in [7, 11) is 0. The first-order chi connectivity index (χ1) is 5.83. The Bertz CT molecular complexity index is 238. The highest BCUT2D eigenvalue weighted by Gasteiger charge is 1.94. The Morgan fingerprint density at radius 1 is 1.33 bits per heavy atom. The minimum atomic E-state index is -0.407. The highest BCUT2D eigenvalue weighted by Crippen LogP contribution is 2.11. The van der Waals surface area contributed by atoms with E-state index in [4.69, 9.17) is 4.74 Å². The topological polar surface area (TPSA) is 9.23 Å². The molecule has 1 rings (SSSR count). The van der Waals surface area contributed by atoms with Gasteiger partial charge in [0, 0.05) is 12.5 Å². The number of ether oxygens (including phenoxy) is 1. The lowest BCUT2D eigenvalue weighted by molar-refractivity contribution is 0.288. The second-order valence-corrected chi connectivity index (χ2v) is 2.35. The van der Waals surface area contributed by atoms with Gasteiger partial charge in [0.25, 0.3) is 0 Å². The van der Waals surface area contributed by atoms with Crippen molar-refractivity contribution in [3.05, 3.63) is 30.1 Å². The molecule has 0 saturated carbocycles. The molecule has 0 bridgehead atoms. The van der Waals surface area contributed by atoms with E-state index >= 15 is 0 Å². The van der Waals surface area contributed by atoms with Crippen molar-refractivity contribution in [3.63, 3.8) is 0 Å². The largest absolute Gasteiger partial charge is 0.493 e. The van der Waals surface area contributed by atoms with Crippen LogP contribution in [0.25, 0.3) is 0 Å². The van der Waals surface area contributed by atoms with E-state index in [9.17, 15) is 8.78 Å². The smallest absolute Gasteiger partial charge is 0.126 e. The van der Waals surface area contributed by atoms with Crippen LogP contribution in [0, 0.1) is 5.82 Å². The number of rotatable bonds is 4. The number of hydrogen-bond donors (Lipinski definition) is 0. The molecule has 0 unspecified atom stereocenters. The summed E-state index contributed by atoms with van der Waals surface area (Å²) in [6.07, 6.45) is 0.344. The van der Waals surface area contributed by atoms with Gasteiger partial charge in [-0.2, -0.15) is 0 Å². The molecule has 0 radical (unpaired) electrons. The molecule has 0 aliphatic carbocycles. The van der Waals surface area contributed by atoms with Crippen LogP contribution < -0.4 is 4.74 Å². The summed E-state index contributed by atoms with van der Waals surface area (Å²) < 4.78 is 29.2. The van der Waals surface area contributed by atoms with Crippen LogP contribution in [0.15, 0.2) is 24.3 Å². The first-order valence-electron chi connectivity index (χ1n) is 3.77. The molecule has 0 aromatic heterocycles. The van der Waals surface area contributed by atoms with Crippen molar-refractivity contribution in [2.45, 2.75) is 6.42 Å². The number of halogens is 2. The second kappa shape index (κ2) is 4.70. The third kappa shape index (κ3) is 2.86. The summed E-state index contributed by atoms with van der Waals surface area (Å²) in [4.78, 5) is 0. The average Bonchev–Trinajstić information content (AvgIpc) is 2.05. The van der Waals surface area contributed by atoms with Gasteiger partial charge in [0.15, 0.2) is 0 Å². The molecule has 12 heavy (non-hydrogen) atoms. The predicted molar refractivity (Wildman–Crippen MR) is 42.5 cm³/mol. The van der Waals surface area contributed by atoms with Gasteiger partial charge in [-0.05, 0) is 12.1 Å². The fourth-order valence-corrected chi connectivity index (χ4v) is 0.801. The number of alkyl halides is 1. The first kappa shape index (κ1) is 8.97. The molecule has 1 aromatic carbocycles. The molecule has 0 atom stereocenters. The third-order valence-corrected chi connectivity index (χ3v) is 1.34. The van der Waals surface area contributed by atoms with E-state index in [0.29, 0.717) is 18.8 Å². The zero-order valence-electron chi connectivity index (χ0n) is 6.59. The van der Waals surface area contributed by atoms with Crippen molar-refractivity contribution < 1.29 is 13.5 Å². The Morgan fingerprint density at radius 2 is 2.17 bits per heavy atom. The monoisotopic (exact) mass is 172 g/mol.